The summed E-state index contributed by atoms with van der Waals surface area (Å²) < 4.78 is 0. The molecule has 0 spiro atoms. The molecule has 7 rings (SSSR count). The maximum Gasteiger partial charge on any atom is 0.260 e. The van der Waals surface area contributed by atoms with Gasteiger partial charge >= 0.3 is 0 Å². The smallest absolute Gasteiger partial charge is 0.260 e. The molecule has 59 heavy (non-hydrogen) atoms. The van der Waals surface area contributed by atoms with Crippen LogP contribution >= 0.6 is 11.8 Å². The Morgan fingerprint density at radius 2 is 0.983 bits per heavy atom. The van der Waals surface area contributed by atoms with Crippen LogP contribution in [0.3, 0.4) is 0 Å². The van der Waals surface area contributed by atoms with E-state index < -0.39 is 69.7 Å². The lowest BCUT2D eigenvalue weighted by atomic mass is 9.79. The monoisotopic (exact) mass is 823 g/mol. The topological polar surface area (TPSA) is 196 Å². The number of hydrogen-bond acceptors (Lipinski definition) is 12. The summed E-state index contributed by atoms with van der Waals surface area (Å²) in [6.45, 7) is 18.7. The molecule has 2 aromatic carbocycles. The Morgan fingerprint density at radius 1 is 0.610 bits per heavy atom. The third-order valence-electron chi connectivity index (χ3n) is 11.2. The average molecular weight is 824 g/mol. The van der Waals surface area contributed by atoms with Gasteiger partial charge in [-0.15, -0.1) is 0 Å². The first-order valence-electron chi connectivity index (χ1n) is 20.2. The van der Waals surface area contributed by atoms with Crippen LogP contribution in [0.15, 0.2) is 41.6 Å². The number of amides is 6. The molecule has 1 aromatic heterocycles. The second-order valence-corrected chi connectivity index (χ2v) is 19.8. The highest BCUT2D eigenvalue weighted by molar-refractivity contribution is 7.99. The van der Waals surface area contributed by atoms with Crippen LogP contribution < -0.4 is 31.1 Å². The van der Waals surface area contributed by atoms with Gasteiger partial charge in [-0.3, -0.25) is 49.2 Å². The number of hydrogen-bond donors (Lipinski definition) is 4. The van der Waals surface area contributed by atoms with E-state index >= 15 is 9.59 Å². The highest BCUT2D eigenvalue weighted by atomic mass is 32.2. The molecule has 2 fully saturated rings. The number of rotatable bonds is 10. The maximum atomic E-state index is 15.1. The highest BCUT2D eigenvalue weighted by Gasteiger charge is 2.46. The number of anilines is 2. The molecule has 0 aliphatic carbocycles. The molecular weight excluding hydrogens is 771 g/mol. The zero-order valence-corrected chi connectivity index (χ0v) is 36.0. The van der Waals surface area contributed by atoms with Crippen molar-refractivity contribution in [2.45, 2.75) is 140 Å². The number of nitrogens with zero attached hydrogens (tertiary/aromatic N) is 5. The highest BCUT2D eigenvalue weighted by Crippen LogP contribution is 2.38. The van der Waals surface area contributed by atoms with Gasteiger partial charge in [-0.05, 0) is 124 Å². The summed E-state index contributed by atoms with van der Waals surface area (Å²) in [6, 6.07) is 8.00. The minimum Gasteiger partial charge on any atom is -0.307 e. The first-order chi connectivity index (χ1) is 27.6. The molecule has 5 heterocycles. The largest absolute Gasteiger partial charge is 0.307 e. The van der Waals surface area contributed by atoms with Crippen molar-refractivity contribution in [2.75, 3.05) is 15.6 Å². The standard InChI is InChI=1S/C43H53N9O6S/c1-10-11-16-59-39-47-37(51(25-19-40(2,3)49-41(4,5)20-25)35(57)23-12-14-27-29(17-23)33(55)44-31(27)53)46-38(48-39)52(26-21-42(6,7)50-43(8,9)22-26)36(58)24-13-15-28-30(18-24)34(56)45-32(28)54/h12-15,17-18,25-26,49-50H,10-11,16,19-22H2,1-9H3,(H,44,53,55)(H,45,54,56). The molecule has 312 valence electrons. The van der Waals surface area contributed by atoms with Crippen molar-refractivity contribution in [1.82, 2.24) is 36.2 Å². The Hall–Kier alpha value is -5.06. The Kier molecular flexibility index (Phi) is 10.8. The van der Waals surface area contributed by atoms with Crippen LogP contribution in [0.5, 0.6) is 0 Å². The van der Waals surface area contributed by atoms with Gasteiger partial charge in [0.15, 0.2) is 5.16 Å². The second kappa shape index (κ2) is 15.2. The third-order valence-corrected chi connectivity index (χ3v) is 12.2. The number of unbranched alkanes of at least 4 members (excludes halogenated alkanes) is 1. The zero-order chi connectivity index (χ0) is 42.8. The van der Waals surface area contributed by atoms with Crippen LogP contribution in [0.25, 0.3) is 0 Å². The van der Waals surface area contributed by atoms with Gasteiger partial charge in [-0.25, -0.2) is 0 Å². The summed E-state index contributed by atoms with van der Waals surface area (Å²) in [6.07, 6.45) is 3.85. The van der Waals surface area contributed by atoms with Gasteiger partial charge in [-0.1, -0.05) is 25.1 Å². The summed E-state index contributed by atoms with van der Waals surface area (Å²) in [7, 11) is 0. The molecule has 0 radical (unpaired) electrons. The number of aromatic nitrogens is 3. The Bertz CT molecular complexity index is 2110. The number of benzene rings is 2. The molecule has 15 nitrogen and oxygen atoms in total. The van der Waals surface area contributed by atoms with Crippen molar-refractivity contribution < 1.29 is 28.8 Å². The number of imide groups is 2. The van der Waals surface area contributed by atoms with Crippen molar-refractivity contribution in [3.05, 3.63) is 69.8 Å². The van der Waals surface area contributed by atoms with Crippen LogP contribution in [0.2, 0.25) is 0 Å². The Labute approximate surface area is 348 Å². The van der Waals surface area contributed by atoms with Gasteiger partial charge < -0.3 is 10.6 Å². The normalized spacial score (nSPS) is 20.4. The quantitative estimate of drug-likeness (QED) is 0.115. The van der Waals surface area contributed by atoms with E-state index in [-0.39, 0.29) is 45.3 Å². The van der Waals surface area contributed by atoms with Crippen molar-refractivity contribution in [3.8, 4) is 0 Å². The van der Waals surface area contributed by atoms with E-state index in [0.29, 0.717) is 36.6 Å². The molecule has 16 heteroatoms. The van der Waals surface area contributed by atoms with Crippen LogP contribution in [-0.4, -0.2) is 90.4 Å². The van der Waals surface area contributed by atoms with E-state index in [0.717, 1.165) is 12.8 Å². The Morgan fingerprint density at radius 3 is 1.36 bits per heavy atom. The van der Waals surface area contributed by atoms with E-state index in [9.17, 15) is 19.2 Å². The molecule has 4 aliphatic heterocycles. The second-order valence-electron chi connectivity index (χ2n) is 18.8. The predicted molar refractivity (Wildman–Crippen MR) is 224 cm³/mol. The van der Waals surface area contributed by atoms with Crippen LogP contribution in [-0.2, 0) is 0 Å². The zero-order valence-electron chi connectivity index (χ0n) is 35.2. The molecule has 0 atom stereocenters. The molecule has 0 bridgehead atoms. The molecule has 0 unspecified atom stereocenters. The summed E-state index contributed by atoms with van der Waals surface area (Å²) in [5, 5.41) is 12.3. The van der Waals surface area contributed by atoms with Gasteiger partial charge in [0.2, 0.25) is 11.9 Å². The number of fused-ring (bicyclic) bond motifs is 2. The first kappa shape index (κ1) is 42.1. The lowest BCUT2D eigenvalue weighted by molar-refractivity contribution is 0.0863. The van der Waals surface area contributed by atoms with Crippen LogP contribution in [0.4, 0.5) is 11.9 Å². The lowest BCUT2D eigenvalue weighted by Gasteiger charge is -2.49. The SMILES string of the molecule is CCCCSc1nc(N(C(=O)c2ccc3c(c2)C(=O)NC3=O)C2CC(C)(C)NC(C)(C)C2)nc(N(C(=O)c2ccc3c(c2)C(=O)NC3=O)C2CC(C)(C)NC(C)(C)C2)n1. The fraction of sp³-hybridized carbons (Fsp3) is 0.512. The molecule has 6 amide bonds. The number of thioether (sulfide) groups is 1. The summed E-state index contributed by atoms with van der Waals surface area (Å²) in [5.41, 5.74) is -0.731. The maximum absolute atomic E-state index is 15.1. The molecular formula is C43H53N9O6S. The van der Waals surface area contributed by atoms with E-state index in [1.165, 1.54) is 48.2 Å². The van der Waals surface area contributed by atoms with Crippen LogP contribution in [0, 0.1) is 0 Å². The van der Waals surface area contributed by atoms with E-state index in [4.69, 9.17) is 15.0 Å². The van der Waals surface area contributed by atoms with Gasteiger partial charge in [0.25, 0.3) is 35.4 Å². The van der Waals surface area contributed by atoms with Gasteiger partial charge in [0.1, 0.15) is 0 Å². The number of piperidine rings is 2. The third kappa shape index (κ3) is 8.66. The first-order valence-corrected chi connectivity index (χ1v) is 21.2. The Balaban J connectivity index is 1.43. The predicted octanol–water partition coefficient (Wildman–Crippen LogP) is 5.44. The van der Waals surface area contributed by atoms with Crippen LogP contribution in [0.1, 0.15) is 163 Å². The minimum atomic E-state index is -0.581. The summed E-state index contributed by atoms with van der Waals surface area (Å²) >= 11 is 1.41. The number of nitrogens with one attached hydrogen (secondary N) is 4. The summed E-state index contributed by atoms with van der Waals surface area (Å²) in [5.74, 6) is -2.40. The fourth-order valence-electron chi connectivity index (χ4n) is 9.55. The number of carbonyl (C=O) groups is 6. The van der Waals surface area contributed by atoms with Gasteiger partial charge in [0.05, 0.1) is 22.3 Å². The van der Waals surface area contributed by atoms with Gasteiger partial charge in [-0.2, -0.15) is 15.0 Å². The van der Waals surface area contributed by atoms with E-state index in [1.807, 2.05) is 0 Å². The molecule has 3 aromatic rings. The molecule has 4 N–H and O–H groups in total. The van der Waals surface area contributed by atoms with Crippen molar-refractivity contribution in [1.29, 1.82) is 0 Å². The van der Waals surface area contributed by atoms with Crippen molar-refractivity contribution >= 4 is 59.1 Å². The van der Waals surface area contributed by atoms with Crippen molar-refractivity contribution in [3.63, 3.8) is 0 Å². The van der Waals surface area contributed by atoms with E-state index in [1.54, 1.807) is 9.80 Å². The molecule has 2 saturated heterocycles. The summed E-state index contributed by atoms with van der Waals surface area (Å²) in [4.78, 5) is 98.9. The fourth-order valence-corrected chi connectivity index (χ4v) is 10.5. The molecule has 0 saturated carbocycles. The lowest BCUT2D eigenvalue weighted by Crippen LogP contribution is -2.63. The van der Waals surface area contributed by atoms with Crippen molar-refractivity contribution in [2.24, 2.45) is 0 Å². The van der Waals surface area contributed by atoms with Gasteiger partial charge in [0, 0.05) is 51.1 Å². The number of carbonyl (C=O) groups excluding carboxylic acids is 6. The average Bonchev–Trinajstić information content (AvgIpc) is 3.57. The molecule has 4 aliphatic rings. The van der Waals surface area contributed by atoms with E-state index in [2.05, 4.69) is 83.6 Å². The minimum absolute atomic E-state index is 0.0442.